The van der Waals surface area contributed by atoms with Crippen LogP contribution in [0.1, 0.15) is 6.92 Å². The van der Waals surface area contributed by atoms with Crippen LogP contribution in [0.25, 0.3) is 0 Å². The molecule has 0 aromatic heterocycles. The lowest BCUT2D eigenvalue weighted by molar-refractivity contribution is -0.135. The number of allylic oxidation sites excluding steroid dienone is 1. The van der Waals surface area contributed by atoms with Crippen molar-refractivity contribution >= 4 is 5.97 Å². The van der Waals surface area contributed by atoms with Crippen molar-refractivity contribution in [2.24, 2.45) is 0 Å². The molecule has 2 N–H and O–H groups in total. The van der Waals surface area contributed by atoms with Crippen LogP contribution in [-0.4, -0.2) is 34.5 Å². The SMILES string of the molecule is C=C1OC(=O)C2=C1OC(C=CC)C(O)C2O. The van der Waals surface area contributed by atoms with E-state index in [0.29, 0.717) is 0 Å². The van der Waals surface area contributed by atoms with Crippen LogP contribution in [0, 0.1) is 0 Å². The first-order valence-corrected chi connectivity index (χ1v) is 4.87. The second-order valence-corrected chi connectivity index (χ2v) is 3.60. The van der Waals surface area contributed by atoms with E-state index in [1.165, 1.54) is 0 Å². The molecule has 3 atom stereocenters. The first kappa shape index (κ1) is 10.9. The van der Waals surface area contributed by atoms with Crippen molar-refractivity contribution in [1.29, 1.82) is 0 Å². The predicted molar refractivity (Wildman–Crippen MR) is 54.0 cm³/mol. The number of carbonyl (C=O) groups excluding carboxylic acids is 1. The Hall–Kier alpha value is -1.59. The van der Waals surface area contributed by atoms with E-state index < -0.39 is 24.3 Å². The summed E-state index contributed by atoms with van der Waals surface area (Å²) in [4.78, 5) is 11.3. The smallest absolute Gasteiger partial charge is 0.346 e. The highest BCUT2D eigenvalue weighted by atomic mass is 16.6. The quantitative estimate of drug-likeness (QED) is 0.484. The van der Waals surface area contributed by atoms with E-state index in [4.69, 9.17) is 9.47 Å². The van der Waals surface area contributed by atoms with E-state index in [1.54, 1.807) is 19.1 Å². The zero-order valence-corrected chi connectivity index (χ0v) is 8.71. The van der Waals surface area contributed by atoms with Gasteiger partial charge in [-0.2, -0.15) is 0 Å². The summed E-state index contributed by atoms with van der Waals surface area (Å²) in [5, 5.41) is 19.5. The van der Waals surface area contributed by atoms with Crippen LogP contribution in [0.3, 0.4) is 0 Å². The minimum atomic E-state index is -1.31. The number of hydrogen-bond acceptors (Lipinski definition) is 5. The van der Waals surface area contributed by atoms with Crippen molar-refractivity contribution in [2.45, 2.75) is 25.2 Å². The number of hydrogen-bond donors (Lipinski definition) is 2. The monoisotopic (exact) mass is 224 g/mol. The second kappa shape index (κ2) is 3.77. The highest BCUT2D eigenvalue weighted by molar-refractivity contribution is 5.95. The molecule has 0 radical (unpaired) electrons. The molecule has 0 aromatic carbocycles. The molecule has 0 spiro atoms. The second-order valence-electron chi connectivity index (χ2n) is 3.60. The zero-order valence-electron chi connectivity index (χ0n) is 8.71. The van der Waals surface area contributed by atoms with E-state index >= 15 is 0 Å². The molecule has 3 unspecified atom stereocenters. The molecular formula is C11H12O5. The highest BCUT2D eigenvalue weighted by Crippen LogP contribution is 2.35. The number of rotatable bonds is 1. The average Bonchev–Trinajstić information content (AvgIpc) is 2.50. The number of carbonyl (C=O) groups is 1. The molecule has 16 heavy (non-hydrogen) atoms. The molecule has 0 saturated heterocycles. The highest BCUT2D eigenvalue weighted by Gasteiger charge is 2.45. The predicted octanol–water partition coefficient (Wildman–Crippen LogP) is 0.00770. The largest absolute Gasteiger partial charge is 0.479 e. The van der Waals surface area contributed by atoms with Gasteiger partial charge < -0.3 is 19.7 Å². The van der Waals surface area contributed by atoms with Crippen LogP contribution in [0.5, 0.6) is 0 Å². The van der Waals surface area contributed by atoms with Gasteiger partial charge in [0.2, 0.25) is 0 Å². The number of ether oxygens (including phenoxy) is 2. The normalized spacial score (nSPS) is 34.1. The van der Waals surface area contributed by atoms with Crippen molar-refractivity contribution in [3.05, 3.63) is 35.8 Å². The summed E-state index contributed by atoms with van der Waals surface area (Å²) in [6.45, 7) is 5.26. The molecule has 2 aliphatic rings. The first-order chi connectivity index (χ1) is 7.56. The molecule has 0 amide bonds. The average molecular weight is 224 g/mol. The number of aliphatic hydroxyl groups excluding tert-OH is 2. The summed E-state index contributed by atoms with van der Waals surface area (Å²) in [6.07, 6.45) is 0.0791. The van der Waals surface area contributed by atoms with Gasteiger partial charge in [0.1, 0.15) is 23.9 Å². The van der Waals surface area contributed by atoms with Crippen molar-refractivity contribution in [3.63, 3.8) is 0 Å². The number of esters is 1. The van der Waals surface area contributed by atoms with Gasteiger partial charge >= 0.3 is 5.97 Å². The van der Waals surface area contributed by atoms with E-state index in [-0.39, 0.29) is 17.1 Å². The lowest BCUT2D eigenvalue weighted by atomic mass is 9.96. The fourth-order valence-corrected chi connectivity index (χ4v) is 1.74. The number of cyclic esters (lactones) is 1. The van der Waals surface area contributed by atoms with Crippen LogP contribution >= 0.6 is 0 Å². The Morgan fingerprint density at radius 2 is 2.12 bits per heavy atom. The molecule has 0 fully saturated rings. The van der Waals surface area contributed by atoms with E-state index in [2.05, 4.69) is 6.58 Å². The molecule has 2 rings (SSSR count). The van der Waals surface area contributed by atoms with Crippen LogP contribution in [0.4, 0.5) is 0 Å². The summed E-state index contributed by atoms with van der Waals surface area (Å²) in [5.74, 6) is -0.517. The molecular weight excluding hydrogens is 212 g/mol. The summed E-state index contributed by atoms with van der Waals surface area (Å²) in [7, 11) is 0. The summed E-state index contributed by atoms with van der Waals surface area (Å²) >= 11 is 0. The summed E-state index contributed by atoms with van der Waals surface area (Å²) in [5.41, 5.74) is -0.0572. The molecule has 5 nitrogen and oxygen atoms in total. The van der Waals surface area contributed by atoms with Gasteiger partial charge in [-0.05, 0) is 13.0 Å². The fraction of sp³-hybridized carbons (Fsp3) is 0.364. The van der Waals surface area contributed by atoms with Gasteiger partial charge in [0.25, 0.3) is 0 Å². The fourth-order valence-electron chi connectivity index (χ4n) is 1.74. The Balaban J connectivity index is 2.40. The Bertz CT molecular complexity index is 407. The van der Waals surface area contributed by atoms with E-state index in [1.807, 2.05) is 0 Å². The molecule has 86 valence electrons. The van der Waals surface area contributed by atoms with Crippen LogP contribution in [0.15, 0.2) is 35.8 Å². The number of aliphatic hydroxyl groups is 2. The van der Waals surface area contributed by atoms with Gasteiger partial charge in [-0.25, -0.2) is 4.79 Å². The molecule has 0 bridgehead atoms. The molecule has 2 aliphatic heterocycles. The van der Waals surface area contributed by atoms with Crippen LogP contribution < -0.4 is 0 Å². The maximum absolute atomic E-state index is 11.3. The van der Waals surface area contributed by atoms with Gasteiger partial charge in [0, 0.05) is 0 Å². The molecule has 0 aliphatic carbocycles. The lowest BCUT2D eigenvalue weighted by Crippen LogP contribution is -2.43. The molecule has 0 saturated carbocycles. The van der Waals surface area contributed by atoms with E-state index in [9.17, 15) is 15.0 Å². The van der Waals surface area contributed by atoms with E-state index in [0.717, 1.165) is 0 Å². The molecule has 2 heterocycles. The van der Waals surface area contributed by atoms with Crippen LogP contribution in [0.2, 0.25) is 0 Å². The van der Waals surface area contributed by atoms with Crippen molar-refractivity contribution in [2.75, 3.05) is 0 Å². The minimum absolute atomic E-state index is 0.0572. The van der Waals surface area contributed by atoms with Gasteiger partial charge in [-0.15, -0.1) is 0 Å². The van der Waals surface area contributed by atoms with Gasteiger partial charge in [-0.1, -0.05) is 12.7 Å². The Labute approximate surface area is 92.3 Å². The van der Waals surface area contributed by atoms with Crippen molar-refractivity contribution in [3.8, 4) is 0 Å². The first-order valence-electron chi connectivity index (χ1n) is 4.87. The van der Waals surface area contributed by atoms with Gasteiger partial charge in [0.05, 0.1) is 0 Å². The third-order valence-corrected chi connectivity index (χ3v) is 2.53. The maximum Gasteiger partial charge on any atom is 0.346 e. The van der Waals surface area contributed by atoms with Crippen LogP contribution in [-0.2, 0) is 14.3 Å². The molecule has 0 aromatic rings. The van der Waals surface area contributed by atoms with Gasteiger partial charge in [-0.3, -0.25) is 0 Å². The topological polar surface area (TPSA) is 76.0 Å². The van der Waals surface area contributed by atoms with Gasteiger partial charge in [0.15, 0.2) is 11.5 Å². The maximum atomic E-state index is 11.3. The summed E-state index contributed by atoms with van der Waals surface area (Å²) < 4.78 is 10.1. The zero-order chi connectivity index (χ0) is 11.9. The minimum Gasteiger partial charge on any atom is -0.479 e. The third kappa shape index (κ3) is 1.45. The Morgan fingerprint density at radius 1 is 1.44 bits per heavy atom. The van der Waals surface area contributed by atoms with Crippen molar-refractivity contribution < 1.29 is 24.5 Å². The Morgan fingerprint density at radius 3 is 2.75 bits per heavy atom. The Kier molecular flexibility index (Phi) is 2.57. The lowest BCUT2D eigenvalue weighted by Gasteiger charge is -2.30. The summed E-state index contributed by atoms with van der Waals surface area (Å²) in [6, 6.07) is 0. The van der Waals surface area contributed by atoms with Crippen molar-refractivity contribution in [1.82, 2.24) is 0 Å². The molecule has 5 heteroatoms. The third-order valence-electron chi connectivity index (χ3n) is 2.53. The standard InChI is InChI=1S/C11H12O5/c1-3-4-6-8(12)9(13)7-10(16-6)5(2)15-11(7)14/h3-4,6,8-9,12-13H,2H2,1H3.